The Hall–Kier alpha value is -2.34. The Morgan fingerprint density at radius 3 is 2.53 bits per heavy atom. The number of nitro benzene ring substituents is 1. The highest BCUT2D eigenvalue weighted by atomic mass is 16.6. The number of nitro groups is 1. The van der Waals surface area contributed by atoms with Crippen LogP contribution in [0.2, 0.25) is 0 Å². The van der Waals surface area contributed by atoms with Gasteiger partial charge < -0.3 is 5.73 Å². The third-order valence-corrected chi connectivity index (χ3v) is 2.60. The van der Waals surface area contributed by atoms with Gasteiger partial charge in [0.25, 0.3) is 5.69 Å². The van der Waals surface area contributed by atoms with E-state index >= 15 is 0 Å². The van der Waals surface area contributed by atoms with Crippen LogP contribution in [0.25, 0.3) is 11.4 Å². The average molecular weight is 258 g/mol. The Kier molecular flexibility index (Phi) is 3.82. The molecule has 0 fully saturated rings. The number of nitrogens with two attached hydrogens (primary N) is 1. The fraction of sp³-hybridized carbons (Fsp3) is 0.231. The molecule has 0 bridgehead atoms. The molecule has 1 unspecified atom stereocenters. The molecule has 0 aliphatic rings. The van der Waals surface area contributed by atoms with E-state index in [1.807, 2.05) is 6.92 Å². The van der Waals surface area contributed by atoms with Crippen LogP contribution in [0.1, 0.15) is 12.5 Å². The lowest BCUT2D eigenvalue weighted by molar-refractivity contribution is -0.384. The first-order valence-corrected chi connectivity index (χ1v) is 5.88. The van der Waals surface area contributed by atoms with E-state index in [0.29, 0.717) is 17.8 Å². The number of para-hydroxylation sites is 1. The Labute approximate surface area is 110 Å². The van der Waals surface area contributed by atoms with E-state index in [-0.39, 0.29) is 11.7 Å². The van der Waals surface area contributed by atoms with Crippen LogP contribution in [0.3, 0.4) is 0 Å². The molecule has 2 aromatic rings. The Morgan fingerprint density at radius 2 is 1.95 bits per heavy atom. The van der Waals surface area contributed by atoms with Crippen LogP contribution < -0.4 is 5.73 Å². The second-order valence-corrected chi connectivity index (χ2v) is 4.37. The predicted molar refractivity (Wildman–Crippen MR) is 71.5 cm³/mol. The molecular formula is C13H14N4O2. The number of rotatable bonds is 4. The van der Waals surface area contributed by atoms with Gasteiger partial charge in [0.2, 0.25) is 0 Å². The first-order chi connectivity index (χ1) is 9.08. The number of hydrogen-bond acceptors (Lipinski definition) is 5. The normalized spacial score (nSPS) is 12.1. The van der Waals surface area contributed by atoms with Crippen LogP contribution in [0.5, 0.6) is 0 Å². The van der Waals surface area contributed by atoms with E-state index in [0.717, 1.165) is 5.56 Å². The minimum Gasteiger partial charge on any atom is -0.328 e. The molecule has 2 rings (SSSR count). The highest BCUT2D eigenvalue weighted by molar-refractivity contribution is 5.67. The Bertz CT molecular complexity index is 581. The van der Waals surface area contributed by atoms with Gasteiger partial charge in [0.05, 0.1) is 10.5 Å². The van der Waals surface area contributed by atoms with E-state index in [4.69, 9.17) is 5.73 Å². The number of nitrogens with zero attached hydrogens (tertiary/aromatic N) is 3. The molecule has 0 aliphatic heterocycles. The van der Waals surface area contributed by atoms with Gasteiger partial charge >= 0.3 is 0 Å². The fourth-order valence-corrected chi connectivity index (χ4v) is 1.79. The van der Waals surface area contributed by atoms with Crippen LogP contribution in [0, 0.1) is 10.1 Å². The number of benzene rings is 1. The molecule has 0 amide bonds. The summed E-state index contributed by atoms with van der Waals surface area (Å²) in [5.74, 6) is 0.348. The van der Waals surface area contributed by atoms with E-state index in [2.05, 4.69) is 9.97 Å². The van der Waals surface area contributed by atoms with Crippen molar-refractivity contribution in [2.24, 2.45) is 5.73 Å². The molecule has 2 N–H and O–H groups in total. The van der Waals surface area contributed by atoms with E-state index in [9.17, 15) is 10.1 Å². The Balaban J connectivity index is 2.35. The monoisotopic (exact) mass is 258 g/mol. The van der Waals surface area contributed by atoms with Crippen molar-refractivity contribution in [2.75, 3.05) is 0 Å². The second-order valence-electron chi connectivity index (χ2n) is 4.37. The third-order valence-electron chi connectivity index (χ3n) is 2.60. The fourth-order valence-electron chi connectivity index (χ4n) is 1.79. The van der Waals surface area contributed by atoms with Gasteiger partial charge in [-0.15, -0.1) is 0 Å². The van der Waals surface area contributed by atoms with Crippen LogP contribution in [0.15, 0.2) is 36.7 Å². The summed E-state index contributed by atoms with van der Waals surface area (Å²) < 4.78 is 0. The van der Waals surface area contributed by atoms with Gasteiger partial charge in [0, 0.05) is 24.5 Å². The lowest BCUT2D eigenvalue weighted by Gasteiger charge is -2.05. The van der Waals surface area contributed by atoms with Gasteiger partial charge in [-0.3, -0.25) is 10.1 Å². The van der Waals surface area contributed by atoms with Crippen molar-refractivity contribution in [3.8, 4) is 11.4 Å². The van der Waals surface area contributed by atoms with Crippen molar-refractivity contribution in [1.82, 2.24) is 9.97 Å². The quantitative estimate of drug-likeness (QED) is 0.668. The van der Waals surface area contributed by atoms with Gasteiger partial charge in [0.15, 0.2) is 5.82 Å². The molecule has 0 radical (unpaired) electrons. The molecule has 6 nitrogen and oxygen atoms in total. The Morgan fingerprint density at radius 1 is 1.32 bits per heavy atom. The molecule has 19 heavy (non-hydrogen) atoms. The molecule has 0 aliphatic carbocycles. The van der Waals surface area contributed by atoms with Crippen molar-refractivity contribution >= 4 is 5.69 Å². The van der Waals surface area contributed by atoms with E-state index < -0.39 is 4.92 Å². The summed E-state index contributed by atoms with van der Waals surface area (Å²) in [7, 11) is 0. The van der Waals surface area contributed by atoms with E-state index in [1.165, 1.54) is 6.07 Å². The molecule has 0 spiro atoms. The summed E-state index contributed by atoms with van der Waals surface area (Å²) in [5.41, 5.74) is 7.03. The largest absolute Gasteiger partial charge is 0.328 e. The van der Waals surface area contributed by atoms with E-state index in [1.54, 1.807) is 30.6 Å². The van der Waals surface area contributed by atoms with Crippen LogP contribution in [-0.2, 0) is 6.42 Å². The smallest absolute Gasteiger partial charge is 0.280 e. The van der Waals surface area contributed by atoms with Gasteiger partial charge in [-0.1, -0.05) is 12.1 Å². The maximum Gasteiger partial charge on any atom is 0.280 e. The number of hydrogen-bond donors (Lipinski definition) is 1. The minimum absolute atomic E-state index is 0.00226. The van der Waals surface area contributed by atoms with Crippen LogP contribution in [-0.4, -0.2) is 20.9 Å². The number of aromatic nitrogens is 2. The summed E-state index contributed by atoms with van der Waals surface area (Å²) in [4.78, 5) is 18.9. The maximum absolute atomic E-state index is 10.9. The minimum atomic E-state index is -0.436. The highest BCUT2D eigenvalue weighted by Gasteiger charge is 2.16. The molecule has 0 saturated heterocycles. The van der Waals surface area contributed by atoms with Crippen molar-refractivity contribution < 1.29 is 4.92 Å². The summed E-state index contributed by atoms with van der Waals surface area (Å²) in [6.07, 6.45) is 3.99. The SMILES string of the molecule is CC(N)Cc1cnc(-c2ccccc2[N+](=O)[O-])nc1. The maximum atomic E-state index is 10.9. The summed E-state index contributed by atoms with van der Waals surface area (Å²) >= 11 is 0. The first-order valence-electron chi connectivity index (χ1n) is 5.88. The lowest BCUT2D eigenvalue weighted by atomic mass is 10.1. The van der Waals surface area contributed by atoms with Gasteiger partial charge in [-0.25, -0.2) is 9.97 Å². The first kappa shape index (κ1) is 13.1. The molecule has 1 heterocycles. The predicted octanol–water partition coefficient (Wildman–Crippen LogP) is 1.94. The van der Waals surface area contributed by atoms with Crippen molar-refractivity contribution in [3.05, 3.63) is 52.3 Å². The zero-order valence-corrected chi connectivity index (χ0v) is 10.5. The third kappa shape index (κ3) is 3.11. The summed E-state index contributed by atoms with van der Waals surface area (Å²) in [5, 5.41) is 10.9. The zero-order chi connectivity index (χ0) is 13.8. The molecule has 6 heteroatoms. The van der Waals surface area contributed by atoms with Gasteiger partial charge in [0.1, 0.15) is 0 Å². The van der Waals surface area contributed by atoms with Crippen molar-refractivity contribution in [1.29, 1.82) is 0 Å². The van der Waals surface area contributed by atoms with Gasteiger partial charge in [-0.05, 0) is 25.0 Å². The zero-order valence-electron chi connectivity index (χ0n) is 10.5. The standard InChI is InChI=1S/C13H14N4O2/c1-9(14)6-10-7-15-13(16-8-10)11-4-2-3-5-12(11)17(18)19/h2-5,7-9H,6,14H2,1H3. The molecular weight excluding hydrogens is 244 g/mol. The van der Waals surface area contributed by atoms with Crippen molar-refractivity contribution in [3.63, 3.8) is 0 Å². The van der Waals surface area contributed by atoms with Crippen LogP contribution >= 0.6 is 0 Å². The molecule has 98 valence electrons. The van der Waals surface area contributed by atoms with Gasteiger partial charge in [-0.2, -0.15) is 0 Å². The summed E-state index contributed by atoms with van der Waals surface area (Å²) in [6, 6.07) is 6.45. The second kappa shape index (κ2) is 5.53. The van der Waals surface area contributed by atoms with Crippen molar-refractivity contribution in [2.45, 2.75) is 19.4 Å². The molecule has 0 saturated carbocycles. The summed E-state index contributed by atoms with van der Waals surface area (Å²) in [6.45, 7) is 1.90. The lowest BCUT2D eigenvalue weighted by Crippen LogP contribution is -2.18. The topological polar surface area (TPSA) is 94.9 Å². The molecule has 1 aromatic carbocycles. The van der Waals surface area contributed by atoms with Crippen LogP contribution in [0.4, 0.5) is 5.69 Å². The molecule has 1 atom stereocenters. The highest BCUT2D eigenvalue weighted by Crippen LogP contribution is 2.26. The average Bonchev–Trinajstić information content (AvgIpc) is 2.39. The molecule has 1 aromatic heterocycles.